The molecule has 0 aliphatic rings. The molecule has 0 rings (SSSR count). The van der Waals surface area contributed by atoms with E-state index in [0.29, 0.717) is 6.04 Å². The Morgan fingerprint density at radius 1 is 0.512 bits per heavy atom. The van der Waals surface area contributed by atoms with Crippen molar-refractivity contribution >= 4 is 11.4 Å². The molecule has 0 N–H and O–H groups in total. The van der Waals surface area contributed by atoms with E-state index < -0.39 is 0 Å². The summed E-state index contributed by atoms with van der Waals surface area (Å²) >= 11 is 0. The predicted octanol–water partition coefficient (Wildman–Crippen LogP) is 12.6. The summed E-state index contributed by atoms with van der Waals surface area (Å²) in [5, 5.41) is 4.13. The monoisotopic (exact) mass is 571 g/mol. The SMILES string of the molecule is C/C(=C\CC(C)C)CC/C=C(\C)CC/C(C)=N/OC(C)C.CC(CC/C(C)=C/CC/C(C)=C/CC(C)C)=NC(C)C. The fourth-order valence-electron chi connectivity index (χ4n) is 3.88. The second-order valence-corrected chi connectivity index (χ2v) is 13.5. The van der Waals surface area contributed by atoms with Gasteiger partial charge in [0.05, 0.1) is 5.71 Å². The van der Waals surface area contributed by atoms with Crippen LogP contribution in [-0.4, -0.2) is 23.6 Å². The Hall–Kier alpha value is -1.90. The van der Waals surface area contributed by atoms with Gasteiger partial charge in [-0.25, -0.2) is 0 Å². The van der Waals surface area contributed by atoms with Crippen LogP contribution in [0.5, 0.6) is 0 Å². The van der Waals surface area contributed by atoms with Gasteiger partial charge < -0.3 is 4.84 Å². The molecule has 0 unspecified atom stereocenters. The highest BCUT2D eigenvalue weighted by molar-refractivity contribution is 5.82. The number of aliphatic imine (C=N–C) groups is 1. The van der Waals surface area contributed by atoms with Crippen LogP contribution >= 0.6 is 0 Å². The lowest BCUT2D eigenvalue weighted by molar-refractivity contribution is 0.0853. The minimum Gasteiger partial charge on any atom is -0.393 e. The van der Waals surface area contributed by atoms with Gasteiger partial charge in [-0.15, -0.1) is 0 Å². The molecule has 3 nitrogen and oxygen atoms in total. The molecule has 0 amide bonds. The van der Waals surface area contributed by atoms with E-state index in [9.17, 15) is 0 Å². The zero-order valence-electron chi connectivity index (χ0n) is 30.0. The third-order valence-electron chi connectivity index (χ3n) is 6.60. The third kappa shape index (κ3) is 32.5. The summed E-state index contributed by atoms with van der Waals surface area (Å²) in [6.45, 7) is 30.5. The average Bonchev–Trinajstić information content (AvgIpc) is 2.87. The molecule has 0 aliphatic carbocycles. The summed E-state index contributed by atoms with van der Waals surface area (Å²) in [6, 6.07) is 0.424. The second kappa shape index (κ2) is 25.8. The van der Waals surface area contributed by atoms with E-state index in [1.807, 2.05) is 20.8 Å². The average molecular weight is 571 g/mol. The summed E-state index contributed by atoms with van der Waals surface area (Å²) < 4.78 is 0. The van der Waals surface area contributed by atoms with Gasteiger partial charge in [-0.1, -0.05) is 79.4 Å². The molecule has 0 spiro atoms. The minimum atomic E-state index is 0.164. The summed E-state index contributed by atoms with van der Waals surface area (Å²) in [5.41, 5.74) is 8.34. The van der Waals surface area contributed by atoms with Crippen LogP contribution in [-0.2, 0) is 4.84 Å². The third-order valence-corrected chi connectivity index (χ3v) is 6.60. The standard InChI is InChI=1S/C19H35NO.C19H35N/c1-15(2)11-12-17(5)9-8-10-18(6)13-14-19(7)20-21-16(3)4;1-15(2)11-12-17(5)9-8-10-18(6)13-14-19(7)20-16(3)4/h10,12,15-16H,8-9,11,13-14H2,1-7H3;10,12,15-16H,8-9,11,13-14H2,1-7H3/b17-12+,18-10+,20-19+;17-12+,18-10+,20-19?. The molecule has 0 fully saturated rings. The van der Waals surface area contributed by atoms with Crippen molar-refractivity contribution in [3.8, 4) is 0 Å². The first-order valence-electron chi connectivity index (χ1n) is 16.5. The van der Waals surface area contributed by atoms with Gasteiger partial charge in [0.25, 0.3) is 0 Å². The number of oxime groups is 1. The molecule has 0 aromatic heterocycles. The number of hydrogen-bond acceptors (Lipinski definition) is 3. The Morgan fingerprint density at radius 2 is 0.902 bits per heavy atom. The van der Waals surface area contributed by atoms with Gasteiger partial charge in [-0.3, -0.25) is 4.99 Å². The first-order chi connectivity index (χ1) is 19.1. The highest BCUT2D eigenvalue weighted by Gasteiger charge is 1.99. The zero-order valence-corrected chi connectivity index (χ0v) is 30.0. The van der Waals surface area contributed by atoms with Crippen LogP contribution in [0.1, 0.15) is 161 Å². The fourth-order valence-corrected chi connectivity index (χ4v) is 3.88. The van der Waals surface area contributed by atoms with Gasteiger partial charge in [0.2, 0.25) is 0 Å². The van der Waals surface area contributed by atoms with Crippen molar-refractivity contribution in [2.24, 2.45) is 22.0 Å². The van der Waals surface area contributed by atoms with Gasteiger partial charge in [0, 0.05) is 11.8 Å². The van der Waals surface area contributed by atoms with E-state index in [1.54, 1.807) is 0 Å². The number of hydrogen-bond donors (Lipinski definition) is 0. The second-order valence-electron chi connectivity index (χ2n) is 13.5. The molecule has 3 heteroatoms. The molecular weight excluding hydrogens is 500 g/mol. The van der Waals surface area contributed by atoms with Crippen LogP contribution < -0.4 is 0 Å². The highest BCUT2D eigenvalue weighted by atomic mass is 16.6. The van der Waals surface area contributed by atoms with Gasteiger partial charge in [-0.05, 0) is 145 Å². The molecule has 0 atom stereocenters. The van der Waals surface area contributed by atoms with E-state index in [0.717, 1.165) is 49.7 Å². The van der Waals surface area contributed by atoms with Crippen molar-refractivity contribution in [1.82, 2.24) is 0 Å². The molecule has 0 radical (unpaired) electrons. The highest BCUT2D eigenvalue weighted by Crippen LogP contribution is 2.14. The van der Waals surface area contributed by atoms with Crippen LogP contribution in [0, 0.1) is 11.8 Å². The van der Waals surface area contributed by atoms with Gasteiger partial charge in [0.15, 0.2) is 0 Å². The Labute approximate surface area is 257 Å². The quantitative estimate of drug-likeness (QED) is 0.0863. The Kier molecular flexibility index (Phi) is 25.9. The first kappa shape index (κ1) is 41.2. The van der Waals surface area contributed by atoms with Gasteiger partial charge >= 0.3 is 0 Å². The number of rotatable bonds is 19. The maximum atomic E-state index is 5.26. The van der Waals surface area contributed by atoms with Crippen LogP contribution in [0.3, 0.4) is 0 Å². The van der Waals surface area contributed by atoms with Crippen LogP contribution in [0.15, 0.2) is 56.7 Å². The lowest BCUT2D eigenvalue weighted by Crippen LogP contribution is -2.00. The van der Waals surface area contributed by atoms with E-state index in [2.05, 4.69) is 111 Å². The van der Waals surface area contributed by atoms with Crippen molar-refractivity contribution in [3.05, 3.63) is 46.6 Å². The Morgan fingerprint density at radius 3 is 1.27 bits per heavy atom. The Bertz CT molecular complexity index is 848. The molecule has 0 saturated carbocycles. The molecule has 0 aromatic carbocycles. The molecular formula is C38H70N2O. The lowest BCUT2D eigenvalue weighted by atomic mass is 10.0. The van der Waals surface area contributed by atoms with E-state index in [4.69, 9.17) is 4.84 Å². The molecule has 0 saturated heterocycles. The smallest absolute Gasteiger partial charge is 0.122 e. The van der Waals surface area contributed by atoms with Crippen LogP contribution in [0.4, 0.5) is 0 Å². The topological polar surface area (TPSA) is 34.0 Å². The minimum absolute atomic E-state index is 0.164. The zero-order chi connectivity index (χ0) is 31.8. The normalized spacial score (nSPS) is 14.4. The van der Waals surface area contributed by atoms with Crippen LogP contribution in [0.25, 0.3) is 0 Å². The van der Waals surface area contributed by atoms with Gasteiger partial charge in [0.1, 0.15) is 6.10 Å². The van der Waals surface area contributed by atoms with Crippen molar-refractivity contribution in [1.29, 1.82) is 0 Å². The summed E-state index contributed by atoms with van der Waals surface area (Å²) in [7, 11) is 0. The first-order valence-corrected chi connectivity index (χ1v) is 16.5. The van der Waals surface area contributed by atoms with Gasteiger partial charge in [-0.2, -0.15) is 0 Å². The molecule has 41 heavy (non-hydrogen) atoms. The Balaban J connectivity index is 0. The fraction of sp³-hybridized carbons (Fsp3) is 0.737. The van der Waals surface area contributed by atoms with Crippen molar-refractivity contribution in [2.75, 3.05) is 0 Å². The summed E-state index contributed by atoms with van der Waals surface area (Å²) in [6.07, 6.45) is 21.1. The van der Waals surface area contributed by atoms with Crippen molar-refractivity contribution in [3.63, 3.8) is 0 Å². The van der Waals surface area contributed by atoms with E-state index >= 15 is 0 Å². The molecule has 238 valence electrons. The summed E-state index contributed by atoms with van der Waals surface area (Å²) in [5.74, 6) is 1.53. The summed E-state index contributed by atoms with van der Waals surface area (Å²) in [4.78, 5) is 9.83. The largest absolute Gasteiger partial charge is 0.393 e. The van der Waals surface area contributed by atoms with E-state index in [-0.39, 0.29) is 6.10 Å². The maximum absolute atomic E-state index is 5.26. The van der Waals surface area contributed by atoms with Crippen molar-refractivity contribution < 1.29 is 4.84 Å². The lowest BCUT2D eigenvalue weighted by Gasteiger charge is -2.05. The molecule has 0 aromatic rings. The number of nitrogens with zero attached hydrogens (tertiary/aromatic N) is 2. The van der Waals surface area contributed by atoms with E-state index in [1.165, 1.54) is 60.1 Å². The number of allylic oxidation sites excluding steroid dienone is 8. The molecule has 0 aliphatic heterocycles. The van der Waals surface area contributed by atoms with Crippen molar-refractivity contribution in [2.45, 2.75) is 173 Å². The van der Waals surface area contributed by atoms with Crippen LogP contribution in [0.2, 0.25) is 0 Å². The molecule has 0 bridgehead atoms. The maximum Gasteiger partial charge on any atom is 0.122 e. The molecule has 0 heterocycles. The predicted molar refractivity (Wildman–Crippen MR) is 188 cm³/mol.